The number of nitrogens with one attached hydrogen (secondary N) is 1. The number of aliphatic carboxylic acids is 1. The van der Waals surface area contributed by atoms with Gasteiger partial charge in [0.2, 0.25) is 0 Å². The van der Waals surface area contributed by atoms with Crippen molar-refractivity contribution in [1.82, 2.24) is 10.3 Å². The molecule has 0 bridgehead atoms. The fourth-order valence-corrected chi connectivity index (χ4v) is 3.76. The van der Waals surface area contributed by atoms with E-state index in [4.69, 9.17) is 4.42 Å². The van der Waals surface area contributed by atoms with Crippen LogP contribution in [-0.4, -0.2) is 33.4 Å². The molecule has 0 aliphatic heterocycles. The number of hydrogen-bond acceptors (Lipinski definition) is 5. The number of carbonyl (C=O) groups is 1. The first-order valence-corrected chi connectivity index (χ1v) is 7.44. The van der Waals surface area contributed by atoms with Gasteiger partial charge in [-0.15, -0.1) is 0 Å². The Kier molecular flexibility index (Phi) is 4.20. The lowest BCUT2D eigenvalue weighted by Gasteiger charge is -2.25. The van der Waals surface area contributed by atoms with Gasteiger partial charge in [0.1, 0.15) is 11.3 Å². The number of carboxylic acid groups (broad SMARTS) is 1. The zero-order valence-corrected chi connectivity index (χ0v) is 12.3. The lowest BCUT2D eigenvalue weighted by Crippen LogP contribution is -2.50. The molecule has 0 radical (unpaired) electrons. The molecule has 0 amide bonds. The Labute approximate surface area is 117 Å². The van der Waals surface area contributed by atoms with Crippen LogP contribution in [0.25, 0.3) is 0 Å². The van der Waals surface area contributed by atoms with Gasteiger partial charge in [-0.25, -0.2) is 4.98 Å². The molecule has 1 aromatic rings. The van der Waals surface area contributed by atoms with E-state index in [1.807, 2.05) is 20.8 Å². The maximum atomic E-state index is 11.5. The van der Waals surface area contributed by atoms with E-state index < -0.39 is 11.5 Å². The number of aryl methyl sites for hydroxylation is 2. The van der Waals surface area contributed by atoms with Crippen molar-refractivity contribution in [3.05, 3.63) is 11.5 Å². The fraction of sp³-hybridized carbons (Fsp3) is 0.692. The van der Waals surface area contributed by atoms with Crippen molar-refractivity contribution >= 4 is 17.7 Å². The Hall–Kier alpha value is -1.01. The number of likely N-dealkylation sites (N-methyl/N-ethyl adjacent to an activating group) is 1. The van der Waals surface area contributed by atoms with E-state index in [9.17, 15) is 9.90 Å². The molecular formula is C13H20N2O3S. The smallest absolute Gasteiger partial charge is 0.323 e. The molecule has 1 aliphatic carbocycles. The van der Waals surface area contributed by atoms with Gasteiger partial charge >= 0.3 is 5.97 Å². The summed E-state index contributed by atoms with van der Waals surface area (Å²) < 4.78 is 5.55. The lowest BCUT2D eigenvalue weighted by molar-refractivity contribution is -0.144. The van der Waals surface area contributed by atoms with Gasteiger partial charge < -0.3 is 14.8 Å². The van der Waals surface area contributed by atoms with E-state index in [-0.39, 0.29) is 5.25 Å². The summed E-state index contributed by atoms with van der Waals surface area (Å²) in [5.74, 6) is 0.0777. The second-order valence-corrected chi connectivity index (χ2v) is 6.27. The minimum atomic E-state index is -0.775. The molecule has 5 nitrogen and oxygen atoms in total. The van der Waals surface area contributed by atoms with E-state index in [0.29, 0.717) is 24.6 Å². The zero-order valence-electron chi connectivity index (χ0n) is 11.5. The summed E-state index contributed by atoms with van der Waals surface area (Å²) in [5, 5.41) is 13.4. The highest BCUT2D eigenvalue weighted by molar-refractivity contribution is 7.99. The number of hydrogen-bond donors (Lipinski definition) is 2. The quantitative estimate of drug-likeness (QED) is 0.864. The molecule has 1 saturated carbocycles. The predicted octanol–water partition coefficient (Wildman–Crippen LogP) is 2.37. The molecule has 1 heterocycles. The van der Waals surface area contributed by atoms with Crippen LogP contribution in [0, 0.1) is 13.8 Å². The van der Waals surface area contributed by atoms with Crippen LogP contribution in [0.1, 0.15) is 37.6 Å². The number of oxazole rings is 1. The van der Waals surface area contributed by atoms with Crippen molar-refractivity contribution < 1.29 is 14.3 Å². The van der Waals surface area contributed by atoms with Gasteiger partial charge in [0.25, 0.3) is 5.22 Å². The van der Waals surface area contributed by atoms with Crippen LogP contribution in [0.3, 0.4) is 0 Å². The lowest BCUT2D eigenvalue weighted by atomic mass is 9.98. The summed E-state index contributed by atoms with van der Waals surface area (Å²) in [6.07, 6.45) is 2.14. The molecule has 1 aliphatic rings. The van der Waals surface area contributed by atoms with Crippen molar-refractivity contribution in [3.8, 4) is 0 Å². The second-order valence-electron chi connectivity index (χ2n) is 5.02. The summed E-state index contributed by atoms with van der Waals surface area (Å²) in [4.78, 5) is 15.8. The van der Waals surface area contributed by atoms with Gasteiger partial charge in [-0.05, 0) is 39.7 Å². The SMILES string of the molecule is CCNC1(C(=O)O)CCC(Sc2nc(C)c(C)o2)C1. The minimum Gasteiger partial charge on any atom is -0.480 e. The molecule has 0 saturated heterocycles. The average Bonchev–Trinajstić information content (AvgIpc) is 2.86. The van der Waals surface area contributed by atoms with Gasteiger partial charge in [0, 0.05) is 5.25 Å². The third-order valence-corrected chi connectivity index (χ3v) is 4.78. The molecule has 1 aromatic heterocycles. The van der Waals surface area contributed by atoms with Gasteiger partial charge in [-0.2, -0.15) is 0 Å². The summed E-state index contributed by atoms with van der Waals surface area (Å²) in [6, 6.07) is 0. The molecular weight excluding hydrogens is 264 g/mol. The highest BCUT2D eigenvalue weighted by atomic mass is 32.2. The van der Waals surface area contributed by atoms with Crippen LogP contribution in [0.5, 0.6) is 0 Å². The van der Waals surface area contributed by atoms with Crippen LogP contribution in [0.4, 0.5) is 0 Å². The highest BCUT2D eigenvalue weighted by Gasteiger charge is 2.45. The Morgan fingerprint density at radius 2 is 2.37 bits per heavy atom. The number of rotatable bonds is 5. The van der Waals surface area contributed by atoms with Gasteiger partial charge in [-0.3, -0.25) is 4.79 Å². The third kappa shape index (κ3) is 2.95. The van der Waals surface area contributed by atoms with E-state index in [1.165, 1.54) is 0 Å². The van der Waals surface area contributed by atoms with Crippen LogP contribution in [0.15, 0.2) is 9.64 Å². The first kappa shape index (κ1) is 14.4. The zero-order chi connectivity index (χ0) is 14.0. The number of aromatic nitrogens is 1. The topological polar surface area (TPSA) is 75.4 Å². The largest absolute Gasteiger partial charge is 0.480 e. The van der Waals surface area contributed by atoms with Crippen molar-refractivity contribution in [3.63, 3.8) is 0 Å². The van der Waals surface area contributed by atoms with Crippen LogP contribution < -0.4 is 5.32 Å². The summed E-state index contributed by atoms with van der Waals surface area (Å²) in [7, 11) is 0. The predicted molar refractivity (Wildman–Crippen MR) is 73.5 cm³/mol. The minimum absolute atomic E-state index is 0.243. The first-order chi connectivity index (χ1) is 8.97. The molecule has 0 aromatic carbocycles. The van der Waals surface area contributed by atoms with E-state index in [0.717, 1.165) is 17.9 Å². The van der Waals surface area contributed by atoms with Crippen molar-refractivity contribution in [2.45, 2.75) is 56.0 Å². The molecule has 2 atom stereocenters. The summed E-state index contributed by atoms with van der Waals surface area (Å²) in [6.45, 7) is 6.41. The molecule has 2 unspecified atom stereocenters. The molecule has 2 N–H and O–H groups in total. The standard InChI is InChI=1S/C13H20N2O3S/c1-4-14-13(11(16)17)6-5-10(7-13)19-12-15-8(2)9(3)18-12/h10,14H,4-7H2,1-3H3,(H,16,17). The first-order valence-electron chi connectivity index (χ1n) is 6.56. The molecule has 106 valence electrons. The molecule has 0 spiro atoms. The average molecular weight is 284 g/mol. The Morgan fingerprint density at radius 3 is 2.89 bits per heavy atom. The molecule has 1 fully saturated rings. The number of nitrogens with zero attached hydrogens (tertiary/aromatic N) is 1. The van der Waals surface area contributed by atoms with Gasteiger partial charge in [0.05, 0.1) is 5.69 Å². The normalized spacial score (nSPS) is 26.8. The third-order valence-electron chi connectivity index (χ3n) is 3.67. The molecule has 2 rings (SSSR count). The van der Waals surface area contributed by atoms with E-state index in [1.54, 1.807) is 11.8 Å². The van der Waals surface area contributed by atoms with Crippen LogP contribution >= 0.6 is 11.8 Å². The monoisotopic (exact) mass is 284 g/mol. The highest BCUT2D eigenvalue weighted by Crippen LogP contribution is 2.40. The summed E-state index contributed by atoms with van der Waals surface area (Å²) >= 11 is 1.55. The number of carboxylic acids is 1. The fourth-order valence-electron chi connectivity index (χ4n) is 2.51. The second kappa shape index (κ2) is 5.54. The van der Waals surface area contributed by atoms with E-state index >= 15 is 0 Å². The Bertz CT molecular complexity index is 455. The van der Waals surface area contributed by atoms with Crippen LogP contribution in [0.2, 0.25) is 0 Å². The maximum absolute atomic E-state index is 11.5. The molecule has 19 heavy (non-hydrogen) atoms. The van der Waals surface area contributed by atoms with Crippen molar-refractivity contribution in [2.75, 3.05) is 6.54 Å². The van der Waals surface area contributed by atoms with Crippen molar-refractivity contribution in [1.29, 1.82) is 0 Å². The number of thioether (sulfide) groups is 1. The van der Waals surface area contributed by atoms with Crippen molar-refractivity contribution in [2.24, 2.45) is 0 Å². The maximum Gasteiger partial charge on any atom is 0.323 e. The van der Waals surface area contributed by atoms with E-state index in [2.05, 4.69) is 10.3 Å². The Morgan fingerprint density at radius 1 is 1.63 bits per heavy atom. The Balaban J connectivity index is 2.03. The van der Waals surface area contributed by atoms with Gasteiger partial charge in [-0.1, -0.05) is 18.7 Å². The van der Waals surface area contributed by atoms with Gasteiger partial charge in [0.15, 0.2) is 0 Å². The van der Waals surface area contributed by atoms with Crippen LogP contribution in [-0.2, 0) is 4.79 Å². The molecule has 6 heteroatoms. The summed E-state index contributed by atoms with van der Waals surface area (Å²) in [5.41, 5.74) is 0.125.